The van der Waals surface area contributed by atoms with E-state index >= 15 is 0 Å². The van der Waals surface area contributed by atoms with Crippen molar-refractivity contribution in [2.45, 2.75) is 17.8 Å². The lowest BCUT2D eigenvalue weighted by atomic mass is 10.2. The number of ether oxygens (including phenoxy) is 2. The molecular formula is C19H18N4O3S2. The Morgan fingerprint density at radius 2 is 2.07 bits per heavy atom. The minimum Gasteiger partial charge on any atom is -0.497 e. The second kappa shape index (κ2) is 8.07. The molecular weight excluding hydrogens is 396 g/mol. The Balaban J connectivity index is 1.49. The molecule has 4 rings (SSSR count). The monoisotopic (exact) mass is 414 g/mol. The van der Waals surface area contributed by atoms with Crippen molar-refractivity contribution in [3.05, 3.63) is 47.2 Å². The smallest absolute Gasteiger partial charge is 0.236 e. The number of aromatic nitrogens is 4. The van der Waals surface area contributed by atoms with E-state index < -0.39 is 0 Å². The molecule has 0 atom stereocenters. The largest absolute Gasteiger partial charge is 0.497 e. The number of nitrogens with one attached hydrogen (secondary N) is 1. The van der Waals surface area contributed by atoms with Crippen LogP contribution in [-0.2, 0) is 5.75 Å². The van der Waals surface area contributed by atoms with Crippen LogP contribution in [0.3, 0.4) is 0 Å². The average molecular weight is 415 g/mol. The van der Waals surface area contributed by atoms with Gasteiger partial charge in [-0.25, -0.2) is 9.97 Å². The molecule has 0 saturated carbocycles. The number of H-pyrrole nitrogens is 1. The first-order chi connectivity index (χ1) is 13.7. The summed E-state index contributed by atoms with van der Waals surface area (Å²) < 4.78 is 16.5. The van der Waals surface area contributed by atoms with Gasteiger partial charge in [-0.2, -0.15) is 0 Å². The predicted octanol–water partition coefficient (Wildman–Crippen LogP) is 4.81. The lowest BCUT2D eigenvalue weighted by Crippen LogP contribution is -1.91. The highest BCUT2D eigenvalue weighted by Crippen LogP contribution is 2.33. The minimum absolute atomic E-state index is 0.623. The molecule has 0 saturated heterocycles. The molecule has 0 radical (unpaired) electrons. The molecule has 3 aromatic heterocycles. The molecule has 1 aromatic carbocycles. The summed E-state index contributed by atoms with van der Waals surface area (Å²) in [5.41, 5.74) is 1.71. The van der Waals surface area contributed by atoms with Gasteiger partial charge < -0.3 is 13.9 Å². The quantitative estimate of drug-likeness (QED) is 0.434. The normalized spacial score (nSPS) is 11.0. The van der Waals surface area contributed by atoms with E-state index in [9.17, 15) is 0 Å². The Labute approximate surface area is 170 Å². The zero-order valence-corrected chi connectivity index (χ0v) is 17.2. The van der Waals surface area contributed by atoms with Crippen LogP contribution in [0.5, 0.6) is 11.5 Å². The van der Waals surface area contributed by atoms with Gasteiger partial charge in [0, 0.05) is 11.8 Å². The number of methoxy groups -OCH3 is 2. The zero-order valence-electron chi connectivity index (χ0n) is 15.6. The number of thioether (sulfide) groups is 1. The number of nitrogens with zero attached hydrogens (tertiary/aromatic N) is 3. The van der Waals surface area contributed by atoms with Crippen molar-refractivity contribution in [3.8, 4) is 33.7 Å². The molecule has 28 heavy (non-hydrogen) atoms. The number of benzene rings is 1. The molecule has 0 aliphatic carbocycles. The molecule has 0 unspecified atom stereocenters. The summed E-state index contributed by atoms with van der Waals surface area (Å²) in [5.74, 6) is 4.11. The Hall–Kier alpha value is -2.78. The maximum atomic E-state index is 5.78. The Kier molecular flexibility index (Phi) is 5.36. The van der Waals surface area contributed by atoms with Crippen LogP contribution in [0.25, 0.3) is 22.2 Å². The second-order valence-corrected chi connectivity index (χ2v) is 7.71. The van der Waals surface area contributed by atoms with Gasteiger partial charge in [0.15, 0.2) is 5.82 Å². The molecule has 0 spiro atoms. The number of hydrogen-bond donors (Lipinski definition) is 1. The molecule has 0 aliphatic heterocycles. The van der Waals surface area contributed by atoms with Crippen LogP contribution < -0.4 is 9.47 Å². The van der Waals surface area contributed by atoms with Gasteiger partial charge in [-0.1, -0.05) is 17.8 Å². The van der Waals surface area contributed by atoms with Crippen LogP contribution in [0.2, 0.25) is 0 Å². The van der Waals surface area contributed by atoms with Gasteiger partial charge in [0.25, 0.3) is 0 Å². The third-order valence-electron chi connectivity index (χ3n) is 4.09. The average Bonchev–Trinajstić information content (AvgIpc) is 3.47. The molecule has 7 nitrogen and oxygen atoms in total. The van der Waals surface area contributed by atoms with Gasteiger partial charge in [-0.15, -0.1) is 16.4 Å². The first kappa shape index (κ1) is 18.6. The third kappa shape index (κ3) is 3.76. The number of aryl methyl sites for hydroxylation is 1. The van der Waals surface area contributed by atoms with E-state index in [0.717, 1.165) is 27.6 Å². The topological polar surface area (TPSA) is 86.1 Å². The van der Waals surface area contributed by atoms with Crippen LogP contribution in [-0.4, -0.2) is 34.4 Å². The predicted molar refractivity (Wildman–Crippen MR) is 109 cm³/mol. The Bertz CT molecular complexity index is 1070. The van der Waals surface area contributed by atoms with E-state index in [2.05, 4.69) is 20.2 Å². The van der Waals surface area contributed by atoms with Crippen LogP contribution >= 0.6 is 23.1 Å². The molecule has 1 N–H and O–H groups in total. The van der Waals surface area contributed by atoms with E-state index in [4.69, 9.17) is 13.9 Å². The van der Waals surface area contributed by atoms with Gasteiger partial charge in [0.1, 0.15) is 17.3 Å². The summed E-state index contributed by atoms with van der Waals surface area (Å²) in [4.78, 5) is 10.2. The molecule has 0 amide bonds. The number of hydrogen-bond acceptors (Lipinski definition) is 8. The summed E-state index contributed by atoms with van der Waals surface area (Å²) in [5, 5.41) is 9.90. The minimum atomic E-state index is 0.623. The Morgan fingerprint density at radius 3 is 2.82 bits per heavy atom. The maximum Gasteiger partial charge on any atom is 0.236 e. The molecule has 0 fully saturated rings. The van der Waals surface area contributed by atoms with Crippen molar-refractivity contribution in [2.75, 3.05) is 14.2 Å². The number of rotatable bonds is 7. The van der Waals surface area contributed by atoms with Gasteiger partial charge in [0.2, 0.25) is 11.0 Å². The highest BCUT2D eigenvalue weighted by Gasteiger charge is 2.15. The first-order valence-corrected chi connectivity index (χ1v) is 10.3. The third-order valence-corrected chi connectivity index (χ3v) is 5.81. The molecule has 9 heteroatoms. The van der Waals surface area contributed by atoms with Crippen LogP contribution in [0.1, 0.15) is 11.5 Å². The number of thiophene rings is 1. The van der Waals surface area contributed by atoms with E-state index in [0.29, 0.717) is 28.4 Å². The molecule has 4 aromatic rings. The lowest BCUT2D eigenvalue weighted by molar-refractivity contribution is 0.395. The van der Waals surface area contributed by atoms with Gasteiger partial charge in [-0.05, 0) is 30.5 Å². The van der Waals surface area contributed by atoms with Crippen molar-refractivity contribution in [1.82, 2.24) is 20.2 Å². The van der Waals surface area contributed by atoms with E-state index in [1.165, 1.54) is 11.8 Å². The van der Waals surface area contributed by atoms with Crippen molar-refractivity contribution in [3.63, 3.8) is 0 Å². The van der Waals surface area contributed by atoms with Crippen LogP contribution in [0, 0.1) is 6.92 Å². The number of aromatic amines is 1. The molecule has 0 aliphatic rings. The van der Waals surface area contributed by atoms with Gasteiger partial charge in [0.05, 0.1) is 30.4 Å². The highest BCUT2D eigenvalue weighted by atomic mass is 32.2. The zero-order chi connectivity index (χ0) is 19.5. The fourth-order valence-electron chi connectivity index (χ4n) is 2.63. The number of oxazole rings is 1. The van der Waals surface area contributed by atoms with Gasteiger partial charge >= 0.3 is 0 Å². The second-order valence-electron chi connectivity index (χ2n) is 5.82. The highest BCUT2D eigenvalue weighted by molar-refractivity contribution is 7.98. The summed E-state index contributed by atoms with van der Waals surface area (Å²) >= 11 is 3.10. The maximum absolute atomic E-state index is 5.78. The van der Waals surface area contributed by atoms with Crippen LogP contribution in [0.4, 0.5) is 0 Å². The fraction of sp³-hybridized carbons (Fsp3) is 0.211. The van der Waals surface area contributed by atoms with Crippen molar-refractivity contribution in [1.29, 1.82) is 0 Å². The summed E-state index contributed by atoms with van der Waals surface area (Å²) in [6.45, 7) is 1.92. The standard InChI is InChI=1S/C19H18N4O3S2/c1-11-14(20-18(26-11)16-5-4-8-27-16)10-28-19-21-17(22-23-19)13-7-6-12(24-2)9-15(13)25-3/h4-9H,10H2,1-3H3,(H,21,22,23). The molecule has 144 valence electrons. The van der Waals surface area contributed by atoms with E-state index in [1.807, 2.05) is 42.6 Å². The Morgan fingerprint density at radius 1 is 1.18 bits per heavy atom. The molecule has 3 heterocycles. The van der Waals surface area contributed by atoms with Gasteiger partial charge in [-0.3, -0.25) is 5.10 Å². The molecule has 0 bridgehead atoms. The van der Waals surface area contributed by atoms with E-state index in [-0.39, 0.29) is 0 Å². The summed E-state index contributed by atoms with van der Waals surface area (Å²) in [6, 6.07) is 9.54. The lowest BCUT2D eigenvalue weighted by Gasteiger charge is -2.07. The van der Waals surface area contributed by atoms with E-state index in [1.54, 1.807) is 25.6 Å². The van der Waals surface area contributed by atoms with Crippen LogP contribution in [0.15, 0.2) is 45.3 Å². The fourth-order valence-corrected chi connectivity index (χ4v) is 4.07. The van der Waals surface area contributed by atoms with Crippen molar-refractivity contribution in [2.24, 2.45) is 0 Å². The van der Waals surface area contributed by atoms with Crippen molar-refractivity contribution < 1.29 is 13.9 Å². The summed E-state index contributed by atoms with van der Waals surface area (Å²) in [7, 11) is 3.23. The first-order valence-electron chi connectivity index (χ1n) is 8.45. The van der Waals surface area contributed by atoms with Crippen molar-refractivity contribution >= 4 is 23.1 Å². The summed E-state index contributed by atoms with van der Waals surface area (Å²) in [6.07, 6.45) is 0. The SMILES string of the molecule is COc1ccc(-c2nc(SCc3nc(-c4cccs4)oc3C)n[nH]2)c(OC)c1.